The fourth-order valence-corrected chi connectivity index (χ4v) is 5.34. The van der Waals surface area contributed by atoms with Crippen LogP contribution >= 0.6 is 11.3 Å². The van der Waals surface area contributed by atoms with Crippen LogP contribution in [0.25, 0.3) is 21.3 Å². The van der Waals surface area contributed by atoms with Gasteiger partial charge in [0.1, 0.15) is 5.52 Å². The molecule has 2 aromatic heterocycles. The summed E-state index contributed by atoms with van der Waals surface area (Å²) in [4.78, 5) is 23.7. The molecular formula is C26H26N4O3S. The molecule has 0 bridgehead atoms. The summed E-state index contributed by atoms with van der Waals surface area (Å²) in [5.41, 5.74) is 2.91. The highest BCUT2D eigenvalue weighted by molar-refractivity contribution is 7.23. The molecule has 34 heavy (non-hydrogen) atoms. The van der Waals surface area contributed by atoms with Crippen LogP contribution in [0, 0.1) is 0 Å². The van der Waals surface area contributed by atoms with Gasteiger partial charge in [-0.3, -0.25) is 5.32 Å². The Kier molecular flexibility index (Phi) is 6.17. The Morgan fingerprint density at radius 3 is 2.47 bits per heavy atom. The number of hydrogen-bond acceptors (Lipinski definition) is 6. The van der Waals surface area contributed by atoms with Gasteiger partial charge in [-0.1, -0.05) is 72.0 Å². The Labute approximate surface area is 202 Å². The molecule has 2 aromatic carbocycles. The number of carbonyl (C=O) groups excluding carboxylic acids is 1. The minimum atomic E-state index is -0.794. The normalized spacial score (nSPS) is 15.3. The van der Waals surface area contributed by atoms with E-state index in [4.69, 9.17) is 4.74 Å². The zero-order valence-electron chi connectivity index (χ0n) is 18.9. The summed E-state index contributed by atoms with van der Waals surface area (Å²) in [7, 11) is 1.56. The van der Waals surface area contributed by atoms with Crippen LogP contribution in [-0.2, 0) is 6.42 Å². The predicted octanol–water partition coefficient (Wildman–Crippen LogP) is 4.97. The molecular weight excluding hydrogens is 448 g/mol. The van der Waals surface area contributed by atoms with Crippen LogP contribution in [0.2, 0.25) is 0 Å². The molecule has 174 valence electrons. The zero-order chi connectivity index (χ0) is 23.5. The molecule has 1 aliphatic heterocycles. The first-order valence-corrected chi connectivity index (χ1v) is 12.1. The van der Waals surface area contributed by atoms with Gasteiger partial charge in [-0.05, 0) is 24.0 Å². The number of anilines is 1. The van der Waals surface area contributed by atoms with E-state index in [-0.39, 0.29) is 6.03 Å². The molecule has 0 atom stereocenters. The fraction of sp³-hybridized carbons (Fsp3) is 0.269. The number of piperidine rings is 1. The van der Waals surface area contributed by atoms with Gasteiger partial charge < -0.3 is 14.7 Å². The molecule has 2 amide bonds. The molecule has 3 heterocycles. The van der Waals surface area contributed by atoms with E-state index in [9.17, 15) is 9.90 Å². The number of likely N-dealkylation sites (tertiary alicyclic amines) is 1. The van der Waals surface area contributed by atoms with E-state index in [2.05, 4.69) is 15.3 Å². The summed E-state index contributed by atoms with van der Waals surface area (Å²) in [5, 5.41) is 14.4. The summed E-state index contributed by atoms with van der Waals surface area (Å²) in [6.45, 7) is 0.973. The van der Waals surface area contributed by atoms with Gasteiger partial charge in [0.05, 0.1) is 17.4 Å². The van der Waals surface area contributed by atoms with Gasteiger partial charge in [-0.25, -0.2) is 14.8 Å². The van der Waals surface area contributed by atoms with Crippen molar-refractivity contribution in [1.82, 2.24) is 14.9 Å². The number of nitrogens with zero attached hydrogens (tertiary/aromatic N) is 3. The second-order valence-electron chi connectivity index (χ2n) is 8.55. The third-order valence-electron chi connectivity index (χ3n) is 6.23. The quantitative estimate of drug-likeness (QED) is 0.427. The van der Waals surface area contributed by atoms with Crippen LogP contribution in [0.4, 0.5) is 9.93 Å². The zero-order valence-corrected chi connectivity index (χ0v) is 19.7. The van der Waals surface area contributed by atoms with E-state index >= 15 is 0 Å². The number of aliphatic hydroxyl groups is 1. The van der Waals surface area contributed by atoms with Crippen LogP contribution in [-0.4, -0.2) is 51.8 Å². The minimum Gasteiger partial charge on any atom is -0.479 e. The van der Waals surface area contributed by atoms with Gasteiger partial charge in [0, 0.05) is 31.3 Å². The average Bonchev–Trinajstić information content (AvgIpc) is 3.28. The van der Waals surface area contributed by atoms with Crippen molar-refractivity contribution >= 4 is 32.7 Å². The van der Waals surface area contributed by atoms with E-state index in [1.807, 2.05) is 60.7 Å². The molecule has 1 fully saturated rings. The number of methoxy groups -OCH3 is 1. The van der Waals surface area contributed by atoms with Gasteiger partial charge >= 0.3 is 6.03 Å². The van der Waals surface area contributed by atoms with Gasteiger partial charge in [-0.15, -0.1) is 0 Å². The lowest BCUT2D eigenvalue weighted by atomic mass is 9.85. The number of pyridine rings is 1. The first-order chi connectivity index (χ1) is 16.5. The molecule has 1 aliphatic rings. The Hall–Kier alpha value is -3.49. The van der Waals surface area contributed by atoms with Gasteiger partial charge in [0.25, 0.3) is 0 Å². The molecule has 2 N–H and O–H groups in total. The van der Waals surface area contributed by atoms with Crippen molar-refractivity contribution in [3.63, 3.8) is 0 Å². The van der Waals surface area contributed by atoms with Crippen molar-refractivity contribution in [1.29, 1.82) is 0 Å². The third kappa shape index (κ3) is 4.60. The summed E-state index contributed by atoms with van der Waals surface area (Å²) < 4.78 is 6.31. The lowest BCUT2D eigenvalue weighted by molar-refractivity contribution is -0.0104. The maximum atomic E-state index is 13.0. The highest BCUT2D eigenvalue weighted by Crippen LogP contribution is 2.38. The smallest absolute Gasteiger partial charge is 0.323 e. The highest BCUT2D eigenvalue weighted by Gasteiger charge is 2.34. The number of rotatable bonds is 5. The molecule has 1 saturated heterocycles. The summed E-state index contributed by atoms with van der Waals surface area (Å²) in [6.07, 6.45) is 3.44. The van der Waals surface area contributed by atoms with E-state index < -0.39 is 5.60 Å². The first kappa shape index (κ1) is 22.3. The van der Waals surface area contributed by atoms with Crippen LogP contribution in [0.15, 0.2) is 66.9 Å². The monoisotopic (exact) mass is 474 g/mol. The Morgan fingerprint density at radius 1 is 1.12 bits per heavy atom. The molecule has 4 aromatic rings. The lowest BCUT2D eigenvalue weighted by Gasteiger charge is -2.38. The number of aromatic nitrogens is 2. The van der Waals surface area contributed by atoms with Crippen molar-refractivity contribution in [2.45, 2.75) is 24.9 Å². The van der Waals surface area contributed by atoms with E-state index in [1.54, 1.807) is 18.2 Å². The number of urea groups is 1. The SMILES string of the molecule is COc1ncc(-c2ccccc2)c2sc(NC(=O)N3CCC(O)(Cc4ccccc4)CC3)nc12. The number of thiazole rings is 1. The number of carbonyl (C=O) groups is 1. The lowest BCUT2D eigenvalue weighted by Crippen LogP contribution is -2.49. The van der Waals surface area contributed by atoms with Crippen molar-refractivity contribution in [3.05, 3.63) is 72.4 Å². The van der Waals surface area contributed by atoms with Crippen LogP contribution < -0.4 is 10.1 Å². The second-order valence-corrected chi connectivity index (χ2v) is 9.55. The number of benzene rings is 2. The molecule has 0 spiro atoms. The van der Waals surface area contributed by atoms with Crippen LogP contribution in [0.3, 0.4) is 0 Å². The van der Waals surface area contributed by atoms with Gasteiger partial charge in [-0.2, -0.15) is 0 Å². The number of hydrogen-bond donors (Lipinski definition) is 2. The van der Waals surface area contributed by atoms with Gasteiger partial charge in [0.15, 0.2) is 5.13 Å². The van der Waals surface area contributed by atoms with Crippen LogP contribution in [0.5, 0.6) is 5.88 Å². The molecule has 0 aliphatic carbocycles. The van der Waals surface area contributed by atoms with E-state index in [1.165, 1.54) is 11.3 Å². The first-order valence-electron chi connectivity index (χ1n) is 11.3. The number of ether oxygens (including phenoxy) is 1. The Morgan fingerprint density at radius 2 is 1.79 bits per heavy atom. The fourth-order valence-electron chi connectivity index (χ4n) is 4.37. The Balaban J connectivity index is 1.30. The predicted molar refractivity (Wildman–Crippen MR) is 134 cm³/mol. The van der Waals surface area contributed by atoms with Crippen LogP contribution in [0.1, 0.15) is 18.4 Å². The summed E-state index contributed by atoms with van der Waals surface area (Å²) in [5.74, 6) is 0.426. The molecule has 0 saturated carbocycles. The topological polar surface area (TPSA) is 87.6 Å². The number of amides is 2. The maximum absolute atomic E-state index is 13.0. The van der Waals surface area contributed by atoms with Gasteiger partial charge in [0.2, 0.25) is 5.88 Å². The number of fused-ring (bicyclic) bond motifs is 1. The summed E-state index contributed by atoms with van der Waals surface area (Å²) in [6, 6.07) is 19.7. The Bertz CT molecular complexity index is 1290. The van der Waals surface area contributed by atoms with Crippen molar-refractivity contribution in [2.75, 3.05) is 25.5 Å². The second kappa shape index (κ2) is 9.40. The maximum Gasteiger partial charge on any atom is 0.323 e. The highest BCUT2D eigenvalue weighted by atomic mass is 32.1. The standard InChI is InChI=1S/C26H26N4O3S/c1-33-23-21-22(20(17-27-23)19-10-6-3-7-11-19)34-24(28-21)29-25(31)30-14-12-26(32,13-15-30)16-18-8-4-2-5-9-18/h2-11,17,32H,12-16H2,1H3,(H,28,29,31). The molecule has 7 nitrogen and oxygen atoms in total. The van der Waals surface area contributed by atoms with E-state index in [0.717, 1.165) is 21.4 Å². The minimum absolute atomic E-state index is 0.214. The number of nitrogens with one attached hydrogen (secondary N) is 1. The summed E-state index contributed by atoms with van der Waals surface area (Å²) >= 11 is 1.40. The van der Waals surface area contributed by atoms with E-state index in [0.29, 0.717) is 48.9 Å². The molecule has 8 heteroatoms. The average molecular weight is 475 g/mol. The van der Waals surface area contributed by atoms with Crippen molar-refractivity contribution in [3.8, 4) is 17.0 Å². The molecule has 0 unspecified atom stereocenters. The largest absolute Gasteiger partial charge is 0.479 e. The molecule has 0 radical (unpaired) electrons. The third-order valence-corrected chi connectivity index (χ3v) is 7.24. The van der Waals surface area contributed by atoms with Crippen molar-refractivity contribution in [2.24, 2.45) is 0 Å². The van der Waals surface area contributed by atoms with Crippen molar-refractivity contribution < 1.29 is 14.6 Å². The molecule has 5 rings (SSSR count).